The van der Waals surface area contributed by atoms with E-state index in [1.54, 1.807) is 6.07 Å². The summed E-state index contributed by atoms with van der Waals surface area (Å²) < 4.78 is 12.5. The zero-order chi connectivity index (χ0) is 23.9. The topological polar surface area (TPSA) is 38.7 Å². The van der Waals surface area contributed by atoms with E-state index in [0.29, 0.717) is 12.2 Å². The van der Waals surface area contributed by atoms with Gasteiger partial charge in [0.15, 0.2) is 0 Å². The maximum atomic E-state index is 10.6. The number of hydrogen-bond donors (Lipinski definition) is 1. The average molecular weight is 459 g/mol. The summed E-state index contributed by atoms with van der Waals surface area (Å²) in [5, 5.41) is 10.6. The summed E-state index contributed by atoms with van der Waals surface area (Å²) in [7, 11) is 0. The van der Waals surface area contributed by atoms with E-state index in [-0.39, 0.29) is 12.4 Å². The standard InChI is InChI=1S/C32H26O3/c33-30-19-11-16-26(22-34-31-20-9-7-17-27(31)24-12-3-1-4-13-24)29(30)23-35-32-21-10-8-18-28(32)25-14-5-2-6-15-25/h1-21,33H,22-23H2. The van der Waals surface area contributed by atoms with Crippen molar-refractivity contribution in [1.82, 2.24) is 0 Å². The fourth-order valence-corrected chi connectivity index (χ4v) is 4.13. The van der Waals surface area contributed by atoms with Crippen LogP contribution in [0.2, 0.25) is 0 Å². The Kier molecular flexibility index (Phi) is 6.77. The van der Waals surface area contributed by atoms with Gasteiger partial charge in [0.05, 0.1) is 0 Å². The van der Waals surface area contributed by atoms with Gasteiger partial charge in [-0.25, -0.2) is 0 Å². The maximum Gasteiger partial charge on any atom is 0.127 e. The van der Waals surface area contributed by atoms with Crippen LogP contribution >= 0.6 is 0 Å². The van der Waals surface area contributed by atoms with Gasteiger partial charge in [0.1, 0.15) is 30.5 Å². The monoisotopic (exact) mass is 458 g/mol. The van der Waals surface area contributed by atoms with Crippen LogP contribution in [-0.2, 0) is 13.2 Å². The Bertz CT molecular complexity index is 1400. The number of phenols is 1. The van der Waals surface area contributed by atoms with Crippen LogP contribution in [0.25, 0.3) is 22.3 Å². The molecule has 3 heteroatoms. The maximum absolute atomic E-state index is 10.6. The molecule has 0 aromatic heterocycles. The van der Waals surface area contributed by atoms with E-state index in [4.69, 9.17) is 9.47 Å². The first-order valence-electron chi connectivity index (χ1n) is 11.6. The molecular weight excluding hydrogens is 432 g/mol. The molecule has 0 spiro atoms. The van der Waals surface area contributed by atoms with Crippen molar-refractivity contribution in [1.29, 1.82) is 0 Å². The van der Waals surface area contributed by atoms with Crippen molar-refractivity contribution < 1.29 is 14.6 Å². The number of aromatic hydroxyl groups is 1. The van der Waals surface area contributed by atoms with Gasteiger partial charge in [-0.05, 0) is 34.9 Å². The summed E-state index contributed by atoms with van der Waals surface area (Å²) in [5.41, 5.74) is 5.82. The number of rotatable bonds is 8. The lowest BCUT2D eigenvalue weighted by molar-refractivity contribution is 0.281. The zero-order valence-corrected chi connectivity index (χ0v) is 19.3. The number of ether oxygens (including phenoxy) is 2. The highest BCUT2D eigenvalue weighted by molar-refractivity contribution is 5.71. The van der Waals surface area contributed by atoms with E-state index in [1.165, 1.54) is 0 Å². The lowest BCUT2D eigenvalue weighted by atomic mass is 10.0. The Morgan fingerprint density at radius 3 is 1.51 bits per heavy atom. The minimum Gasteiger partial charge on any atom is -0.508 e. The number of benzene rings is 5. The second kappa shape index (κ2) is 10.6. The summed E-state index contributed by atoms with van der Waals surface area (Å²) >= 11 is 0. The Balaban J connectivity index is 1.37. The smallest absolute Gasteiger partial charge is 0.127 e. The minimum absolute atomic E-state index is 0.194. The second-order valence-electron chi connectivity index (χ2n) is 8.22. The molecule has 35 heavy (non-hydrogen) atoms. The lowest BCUT2D eigenvalue weighted by Gasteiger charge is -2.17. The third-order valence-corrected chi connectivity index (χ3v) is 5.95. The quantitative estimate of drug-likeness (QED) is 0.257. The first-order valence-corrected chi connectivity index (χ1v) is 11.6. The van der Waals surface area contributed by atoms with Crippen molar-refractivity contribution in [3.63, 3.8) is 0 Å². The van der Waals surface area contributed by atoms with Crippen LogP contribution in [-0.4, -0.2) is 5.11 Å². The van der Waals surface area contributed by atoms with Gasteiger partial charge < -0.3 is 14.6 Å². The van der Waals surface area contributed by atoms with Crippen molar-refractivity contribution in [3.05, 3.63) is 139 Å². The predicted octanol–water partition coefficient (Wildman–Crippen LogP) is 7.88. The molecule has 0 aliphatic heterocycles. The first-order chi connectivity index (χ1) is 17.3. The molecule has 5 rings (SSSR count). The van der Waals surface area contributed by atoms with E-state index in [1.807, 2.05) is 91.0 Å². The fraction of sp³-hybridized carbons (Fsp3) is 0.0625. The largest absolute Gasteiger partial charge is 0.508 e. The summed E-state index contributed by atoms with van der Waals surface area (Å²) in [4.78, 5) is 0. The number of phenolic OH excluding ortho intramolecular Hbond substituents is 1. The third kappa shape index (κ3) is 5.20. The van der Waals surface area contributed by atoms with Crippen LogP contribution < -0.4 is 9.47 Å². The van der Waals surface area contributed by atoms with Crippen molar-refractivity contribution in [2.45, 2.75) is 13.2 Å². The molecule has 0 amide bonds. The van der Waals surface area contributed by atoms with Crippen molar-refractivity contribution in [2.75, 3.05) is 0 Å². The van der Waals surface area contributed by atoms with Gasteiger partial charge in [-0.2, -0.15) is 0 Å². The molecule has 172 valence electrons. The minimum atomic E-state index is 0.194. The molecule has 0 atom stereocenters. The molecule has 3 nitrogen and oxygen atoms in total. The van der Waals surface area contributed by atoms with Gasteiger partial charge in [-0.15, -0.1) is 0 Å². The van der Waals surface area contributed by atoms with Crippen LogP contribution in [0.4, 0.5) is 0 Å². The molecule has 0 unspecified atom stereocenters. The summed E-state index contributed by atoms with van der Waals surface area (Å²) in [6.07, 6.45) is 0. The summed E-state index contributed by atoms with van der Waals surface area (Å²) in [6, 6.07) is 41.7. The van der Waals surface area contributed by atoms with Gasteiger partial charge in [0, 0.05) is 16.7 Å². The van der Waals surface area contributed by atoms with Crippen LogP contribution in [0.3, 0.4) is 0 Å². The molecule has 0 fully saturated rings. The van der Waals surface area contributed by atoms with E-state index < -0.39 is 0 Å². The van der Waals surface area contributed by atoms with Crippen molar-refractivity contribution in [2.24, 2.45) is 0 Å². The Morgan fingerprint density at radius 2 is 0.943 bits per heavy atom. The molecule has 0 saturated heterocycles. The molecule has 0 bridgehead atoms. The van der Waals surface area contributed by atoms with E-state index in [2.05, 4.69) is 30.3 Å². The average Bonchev–Trinajstić information content (AvgIpc) is 2.93. The van der Waals surface area contributed by atoms with Gasteiger partial charge in [0.2, 0.25) is 0 Å². The highest BCUT2D eigenvalue weighted by Gasteiger charge is 2.13. The second-order valence-corrected chi connectivity index (χ2v) is 8.22. The molecule has 5 aromatic rings. The van der Waals surface area contributed by atoms with Crippen molar-refractivity contribution in [3.8, 4) is 39.5 Å². The molecular formula is C32H26O3. The Labute approximate surface area is 205 Å². The van der Waals surface area contributed by atoms with E-state index in [0.717, 1.165) is 39.3 Å². The Hall–Kier alpha value is -4.50. The molecule has 5 aromatic carbocycles. The fourth-order valence-electron chi connectivity index (χ4n) is 4.13. The van der Waals surface area contributed by atoms with Gasteiger partial charge >= 0.3 is 0 Å². The molecule has 0 aliphatic carbocycles. The number of para-hydroxylation sites is 2. The third-order valence-electron chi connectivity index (χ3n) is 5.95. The highest BCUT2D eigenvalue weighted by atomic mass is 16.5. The number of hydrogen-bond acceptors (Lipinski definition) is 3. The van der Waals surface area contributed by atoms with Crippen molar-refractivity contribution >= 4 is 0 Å². The summed E-state index contributed by atoms with van der Waals surface area (Å²) in [5.74, 6) is 1.76. The lowest BCUT2D eigenvalue weighted by Crippen LogP contribution is -2.05. The van der Waals surface area contributed by atoms with E-state index in [9.17, 15) is 5.11 Å². The molecule has 0 aliphatic rings. The zero-order valence-electron chi connectivity index (χ0n) is 19.3. The van der Waals surface area contributed by atoms with Crippen LogP contribution in [0.15, 0.2) is 127 Å². The van der Waals surface area contributed by atoms with Gasteiger partial charge in [-0.1, -0.05) is 109 Å². The van der Waals surface area contributed by atoms with Gasteiger partial charge in [-0.3, -0.25) is 0 Å². The van der Waals surface area contributed by atoms with Crippen LogP contribution in [0, 0.1) is 0 Å². The Morgan fingerprint density at radius 1 is 0.457 bits per heavy atom. The molecule has 0 heterocycles. The first kappa shape index (κ1) is 22.3. The normalized spacial score (nSPS) is 10.6. The predicted molar refractivity (Wildman–Crippen MR) is 141 cm³/mol. The van der Waals surface area contributed by atoms with Gasteiger partial charge in [0.25, 0.3) is 0 Å². The van der Waals surface area contributed by atoms with Crippen LogP contribution in [0.1, 0.15) is 11.1 Å². The SMILES string of the molecule is Oc1cccc(COc2ccccc2-c2ccccc2)c1COc1ccccc1-c1ccccc1. The summed E-state index contributed by atoms with van der Waals surface area (Å²) in [6.45, 7) is 0.548. The molecule has 1 N–H and O–H groups in total. The van der Waals surface area contributed by atoms with Crippen LogP contribution in [0.5, 0.6) is 17.2 Å². The molecule has 0 radical (unpaired) electrons. The molecule has 0 saturated carbocycles. The van der Waals surface area contributed by atoms with E-state index >= 15 is 0 Å². The highest BCUT2D eigenvalue weighted by Crippen LogP contribution is 2.33.